The maximum atomic E-state index is 12.2. The minimum absolute atomic E-state index is 0.0486. The van der Waals surface area contributed by atoms with Gasteiger partial charge >= 0.3 is 0 Å². The van der Waals surface area contributed by atoms with Crippen LogP contribution in [0.1, 0.15) is 36.7 Å². The highest BCUT2D eigenvalue weighted by atomic mass is 32.1. The molecule has 0 aromatic carbocycles. The fourth-order valence-electron chi connectivity index (χ4n) is 2.61. The summed E-state index contributed by atoms with van der Waals surface area (Å²) in [7, 11) is 0. The molecule has 3 heterocycles. The van der Waals surface area contributed by atoms with Crippen LogP contribution in [0.25, 0.3) is 5.65 Å². The lowest BCUT2D eigenvalue weighted by Gasteiger charge is -2.03. The van der Waals surface area contributed by atoms with Gasteiger partial charge in [-0.15, -0.1) is 10.2 Å². The van der Waals surface area contributed by atoms with Crippen molar-refractivity contribution in [2.45, 2.75) is 40.0 Å². The minimum atomic E-state index is -0.0486. The Kier molecular flexibility index (Phi) is 4.89. The number of anilines is 1. The molecule has 1 N–H and O–H groups in total. The van der Waals surface area contributed by atoms with E-state index in [1.165, 1.54) is 11.3 Å². The number of hydrogen-bond acceptors (Lipinski definition) is 5. The number of fused-ring (bicyclic) bond motifs is 1. The Labute approximate surface area is 145 Å². The van der Waals surface area contributed by atoms with Gasteiger partial charge in [-0.25, -0.2) is 4.98 Å². The van der Waals surface area contributed by atoms with E-state index < -0.39 is 0 Å². The summed E-state index contributed by atoms with van der Waals surface area (Å²) in [6.45, 7) is 6.25. The van der Waals surface area contributed by atoms with Crippen molar-refractivity contribution in [3.05, 3.63) is 40.8 Å². The summed E-state index contributed by atoms with van der Waals surface area (Å²) < 4.78 is 2.04. The van der Waals surface area contributed by atoms with Crippen molar-refractivity contribution in [2.75, 3.05) is 5.32 Å². The summed E-state index contributed by atoms with van der Waals surface area (Å²) >= 11 is 1.45. The van der Waals surface area contributed by atoms with Gasteiger partial charge in [-0.1, -0.05) is 31.3 Å². The lowest BCUT2D eigenvalue weighted by Crippen LogP contribution is -2.13. The standard InChI is InChI=1S/C17H21N5OS/c1-11(2)10-16-20-21-17(24-16)19-15(23)8-7-13-12(3)18-14-6-4-5-9-22(13)14/h4-6,9,11H,7-8,10H2,1-3H3,(H,19,21,23). The number of amides is 1. The molecular weight excluding hydrogens is 322 g/mol. The van der Waals surface area contributed by atoms with E-state index in [-0.39, 0.29) is 5.91 Å². The number of rotatable bonds is 6. The molecule has 7 heteroatoms. The van der Waals surface area contributed by atoms with E-state index in [4.69, 9.17) is 0 Å². The second kappa shape index (κ2) is 7.09. The zero-order chi connectivity index (χ0) is 17.1. The summed E-state index contributed by atoms with van der Waals surface area (Å²) in [5.41, 5.74) is 2.94. The van der Waals surface area contributed by atoms with Crippen LogP contribution in [0.2, 0.25) is 0 Å². The molecule has 1 amide bonds. The van der Waals surface area contributed by atoms with Gasteiger partial charge in [0.1, 0.15) is 10.7 Å². The van der Waals surface area contributed by atoms with Crippen molar-refractivity contribution in [2.24, 2.45) is 5.92 Å². The molecule has 3 aromatic rings. The molecule has 0 fully saturated rings. The number of aromatic nitrogens is 4. The first-order valence-electron chi connectivity index (χ1n) is 8.07. The van der Waals surface area contributed by atoms with Crippen molar-refractivity contribution in [3.8, 4) is 0 Å². The largest absolute Gasteiger partial charge is 0.304 e. The third kappa shape index (κ3) is 3.79. The Morgan fingerprint density at radius 1 is 1.33 bits per heavy atom. The SMILES string of the molecule is Cc1nc2ccccn2c1CCC(=O)Nc1nnc(CC(C)C)s1. The molecule has 0 bridgehead atoms. The number of nitrogens with one attached hydrogen (secondary N) is 1. The van der Waals surface area contributed by atoms with Crippen LogP contribution in [0.15, 0.2) is 24.4 Å². The molecule has 0 unspecified atom stereocenters. The second-order valence-electron chi connectivity index (χ2n) is 6.22. The Morgan fingerprint density at radius 3 is 2.96 bits per heavy atom. The summed E-state index contributed by atoms with van der Waals surface area (Å²) in [5, 5.41) is 12.5. The molecule has 3 aromatic heterocycles. The number of hydrogen-bond donors (Lipinski definition) is 1. The number of carbonyl (C=O) groups is 1. The van der Waals surface area contributed by atoms with Crippen LogP contribution in [0.4, 0.5) is 5.13 Å². The topological polar surface area (TPSA) is 72.2 Å². The molecule has 3 rings (SSSR count). The molecule has 24 heavy (non-hydrogen) atoms. The number of carbonyl (C=O) groups excluding carboxylic acids is 1. The fourth-order valence-corrected chi connectivity index (χ4v) is 3.58. The third-order valence-corrected chi connectivity index (χ3v) is 4.57. The third-order valence-electron chi connectivity index (χ3n) is 3.71. The quantitative estimate of drug-likeness (QED) is 0.745. The first kappa shape index (κ1) is 16.6. The van der Waals surface area contributed by atoms with Gasteiger partial charge in [0.05, 0.1) is 5.69 Å². The molecule has 0 aliphatic carbocycles. The highest BCUT2D eigenvalue weighted by Gasteiger charge is 2.12. The Balaban J connectivity index is 1.61. The molecule has 126 valence electrons. The van der Waals surface area contributed by atoms with Crippen molar-refractivity contribution >= 4 is 28.0 Å². The zero-order valence-electron chi connectivity index (χ0n) is 14.1. The maximum Gasteiger partial charge on any atom is 0.226 e. The fraction of sp³-hybridized carbons (Fsp3) is 0.412. The van der Waals surface area contributed by atoms with Gasteiger partial charge < -0.3 is 9.72 Å². The van der Waals surface area contributed by atoms with Crippen LogP contribution in [0.3, 0.4) is 0 Å². The molecule has 0 spiro atoms. The predicted octanol–water partition coefficient (Wildman–Crippen LogP) is 3.26. The number of nitrogens with zero attached hydrogens (tertiary/aromatic N) is 4. The number of imidazole rings is 1. The molecule has 6 nitrogen and oxygen atoms in total. The normalized spacial score (nSPS) is 11.3. The van der Waals surface area contributed by atoms with E-state index in [2.05, 4.69) is 34.3 Å². The predicted molar refractivity (Wildman–Crippen MR) is 95.3 cm³/mol. The van der Waals surface area contributed by atoms with E-state index in [1.54, 1.807) is 0 Å². The molecule has 0 saturated heterocycles. The van der Waals surface area contributed by atoms with Gasteiger partial charge in [-0.05, 0) is 31.4 Å². The molecule has 0 radical (unpaired) electrons. The average molecular weight is 343 g/mol. The number of pyridine rings is 1. The van der Waals surface area contributed by atoms with Gasteiger partial charge in [0.15, 0.2) is 0 Å². The zero-order valence-corrected chi connectivity index (χ0v) is 14.9. The molecule has 0 aliphatic heterocycles. The van der Waals surface area contributed by atoms with E-state index in [0.29, 0.717) is 23.9 Å². The summed E-state index contributed by atoms with van der Waals surface area (Å²) in [6.07, 6.45) is 3.89. The van der Waals surface area contributed by atoms with Crippen molar-refractivity contribution < 1.29 is 4.79 Å². The van der Waals surface area contributed by atoms with Gasteiger partial charge in [-0.3, -0.25) is 4.79 Å². The van der Waals surface area contributed by atoms with E-state index in [0.717, 1.165) is 28.5 Å². The van der Waals surface area contributed by atoms with Crippen LogP contribution >= 0.6 is 11.3 Å². The minimum Gasteiger partial charge on any atom is -0.304 e. The second-order valence-corrected chi connectivity index (χ2v) is 7.28. The van der Waals surface area contributed by atoms with Crippen molar-refractivity contribution in [3.63, 3.8) is 0 Å². The molecule has 0 atom stereocenters. The Hall–Kier alpha value is -2.28. The van der Waals surface area contributed by atoms with Crippen LogP contribution in [0, 0.1) is 12.8 Å². The summed E-state index contributed by atoms with van der Waals surface area (Å²) in [5.74, 6) is 0.479. The first-order valence-corrected chi connectivity index (χ1v) is 8.89. The Morgan fingerprint density at radius 2 is 2.17 bits per heavy atom. The molecule has 0 aliphatic rings. The smallest absolute Gasteiger partial charge is 0.226 e. The van der Waals surface area contributed by atoms with Crippen LogP contribution in [0.5, 0.6) is 0 Å². The van der Waals surface area contributed by atoms with E-state index >= 15 is 0 Å². The summed E-state index contributed by atoms with van der Waals surface area (Å²) in [6, 6.07) is 5.89. The highest BCUT2D eigenvalue weighted by molar-refractivity contribution is 7.15. The first-order chi connectivity index (χ1) is 11.5. The van der Waals surface area contributed by atoms with E-state index in [1.807, 2.05) is 35.7 Å². The maximum absolute atomic E-state index is 12.2. The van der Waals surface area contributed by atoms with Crippen LogP contribution < -0.4 is 5.32 Å². The lowest BCUT2D eigenvalue weighted by molar-refractivity contribution is -0.116. The van der Waals surface area contributed by atoms with Crippen molar-refractivity contribution in [1.29, 1.82) is 0 Å². The van der Waals surface area contributed by atoms with Gasteiger partial charge in [-0.2, -0.15) is 0 Å². The highest BCUT2D eigenvalue weighted by Crippen LogP contribution is 2.19. The average Bonchev–Trinajstić information content (AvgIpc) is 3.08. The lowest BCUT2D eigenvalue weighted by atomic mass is 10.1. The van der Waals surface area contributed by atoms with Crippen molar-refractivity contribution in [1.82, 2.24) is 19.6 Å². The van der Waals surface area contributed by atoms with Gasteiger partial charge in [0, 0.05) is 24.7 Å². The summed E-state index contributed by atoms with van der Waals surface area (Å²) in [4.78, 5) is 16.7. The van der Waals surface area contributed by atoms with Crippen LogP contribution in [-0.2, 0) is 17.6 Å². The van der Waals surface area contributed by atoms with Gasteiger partial charge in [0.25, 0.3) is 0 Å². The van der Waals surface area contributed by atoms with Crippen LogP contribution in [-0.4, -0.2) is 25.5 Å². The van der Waals surface area contributed by atoms with Gasteiger partial charge in [0.2, 0.25) is 11.0 Å². The Bertz CT molecular complexity index is 852. The molecular formula is C17H21N5OS. The van der Waals surface area contributed by atoms with E-state index in [9.17, 15) is 4.79 Å². The number of aryl methyl sites for hydroxylation is 2. The monoisotopic (exact) mass is 343 g/mol. The molecule has 0 saturated carbocycles.